The number of likely N-dealkylation sites (tertiary alicyclic amines) is 1. The van der Waals surface area contributed by atoms with Gasteiger partial charge < -0.3 is 5.32 Å². The standard InChI is InChI=1S/C14H26N2O2S/c1-19(17,18)13-6-2-5-12(8-13)16-9-11-4-3-7-15-14(11)10-16/h11-15H,2-10H2,1H3. The average Bonchev–Trinajstić information content (AvgIpc) is 2.81. The molecule has 1 N–H and O–H groups in total. The molecule has 110 valence electrons. The van der Waals surface area contributed by atoms with Gasteiger partial charge in [0.1, 0.15) is 9.84 Å². The molecule has 19 heavy (non-hydrogen) atoms. The predicted octanol–water partition coefficient (Wildman–Crippen LogP) is 1.03. The summed E-state index contributed by atoms with van der Waals surface area (Å²) < 4.78 is 23.5. The van der Waals surface area contributed by atoms with E-state index in [0.29, 0.717) is 12.1 Å². The van der Waals surface area contributed by atoms with Crippen molar-refractivity contribution in [2.24, 2.45) is 5.92 Å². The summed E-state index contributed by atoms with van der Waals surface area (Å²) in [5.74, 6) is 0.798. The number of nitrogens with zero attached hydrogens (tertiary/aromatic N) is 1. The molecule has 0 aromatic carbocycles. The number of hydrogen-bond donors (Lipinski definition) is 1. The summed E-state index contributed by atoms with van der Waals surface area (Å²) >= 11 is 0. The van der Waals surface area contributed by atoms with Crippen molar-refractivity contribution in [3.05, 3.63) is 0 Å². The van der Waals surface area contributed by atoms with Crippen molar-refractivity contribution in [3.63, 3.8) is 0 Å². The topological polar surface area (TPSA) is 49.4 Å². The Hall–Kier alpha value is -0.130. The van der Waals surface area contributed by atoms with Crippen LogP contribution in [0.1, 0.15) is 38.5 Å². The molecule has 0 amide bonds. The fourth-order valence-corrected chi connectivity index (χ4v) is 5.39. The summed E-state index contributed by atoms with van der Waals surface area (Å²) in [5, 5.41) is 3.54. The van der Waals surface area contributed by atoms with E-state index in [1.807, 2.05) is 0 Å². The number of nitrogens with one attached hydrogen (secondary N) is 1. The predicted molar refractivity (Wildman–Crippen MR) is 77.0 cm³/mol. The van der Waals surface area contributed by atoms with Gasteiger partial charge in [0.2, 0.25) is 0 Å². The molecule has 4 atom stereocenters. The third kappa shape index (κ3) is 2.98. The first-order valence-corrected chi connectivity index (χ1v) is 9.66. The highest BCUT2D eigenvalue weighted by Crippen LogP contribution is 2.33. The molecule has 2 saturated heterocycles. The largest absolute Gasteiger partial charge is 0.312 e. The fraction of sp³-hybridized carbons (Fsp3) is 1.00. The molecule has 0 bridgehead atoms. The maximum atomic E-state index is 11.8. The summed E-state index contributed by atoms with van der Waals surface area (Å²) in [4.78, 5) is 2.57. The lowest BCUT2D eigenvalue weighted by Crippen LogP contribution is -2.43. The normalized spacial score (nSPS) is 41.1. The van der Waals surface area contributed by atoms with Gasteiger partial charge in [0.05, 0.1) is 5.25 Å². The van der Waals surface area contributed by atoms with E-state index in [4.69, 9.17) is 0 Å². The molecular weight excluding hydrogens is 260 g/mol. The number of sulfone groups is 1. The van der Waals surface area contributed by atoms with Crippen molar-refractivity contribution in [1.82, 2.24) is 10.2 Å². The van der Waals surface area contributed by atoms with Gasteiger partial charge in [-0.2, -0.15) is 0 Å². The van der Waals surface area contributed by atoms with Crippen molar-refractivity contribution < 1.29 is 8.42 Å². The van der Waals surface area contributed by atoms with Crippen LogP contribution in [-0.4, -0.2) is 56.5 Å². The number of fused-ring (bicyclic) bond motifs is 1. The summed E-state index contributed by atoms with van der Waals surface area (Å²) in [7, 11) is -2.86. The Kier molecular flexibility index (Phi) is 3.89. The molecule has 5 heteroatoms. The molecule has 1 saturated carbocycles. The summed E-state index contributed by atoms with van der Waals surface area (Å²) in [6, 6.07) is 1.16. The Bertz CT molecular complexity index is 409. The van der Waals surface area contributed by atoms with Crippen molar-refractivity contribution in [1.29, 1.82) is 0 Å². The van der Waals surface area contributed by atoms with Crippen LogP contribution in [0.15, 0.2) is 0 Å². The second-order valence-electron chi connectivity index (χ2n) is 6.69. The molecule has 1 aliphatic carbocycles. The van der Waals surface area contributed by atoms with Crippen molar-refractivity contribution in [3.8, 4) is 0 Å². The van der Waals surface area contributed by atoms with E-state index >= 15 is 0 Å². The second-order valence-corrected chi connectivity index (χ2v) is 9.01. The number of rotatable bonds is 2. The maximum absolute atomic E-state index is 11.8. The Balaban J connectivity index is 1.63. The lowest BCUT2D eigenvalue weighted by Gasteiger charge is -2.34. The Labute approximate surface area is 116 Å². The smallest absolute Gasteiger partial charge is 0.150 e. The molecule has 3 rings (SSSR count). The first-order chi connectivity index (χ1) is 9.04. The van der Waals surface area contributed by atoms with Crippen molar-refractivity contribution >= 4 is 9.84 Å². The lowest BCUT2D eigenvalue weighted by atomic mass is 9.93. The minimum Gasteiger partial charge on any atom is -0.312 e. The molecule has 3 fully saturated rings. The number of piperidine rings is 1. The van der Waals surface area contributed by atoms with Crippen molar-refractivity contribution in [2.45, 2.75) is 55.9 Å². The molecule has 4 nitrogen and oxygen atoms in total. The van der Waals surface area contributed by atoms with E-state index in [1.54, 1.807) is 0 Å². The van der Waals surface area contributed by atoms with Crippen LogP contribution in [-0.2, 0) is 9.84 Å². The number of hydrogen-bond acceptors (Lipinski definition) is 4. The molecule has 0 spiro atoms. The van der Waals surface area contributed by atoms with Gasteiger partial charge in [-0.3, -0.25) is 4.90 Å². The van der Waals surface area contributed by atoms with Crippen LogP contribution >= 0.6 is 0 Å². The highest BCUT2D eigenvalue weighted by atomic mass is 32.2. The Morgan fingerprint density at radius 2 is 1.95 bits per heavy atom. The van der Waals surface area contributed by atoms with Crippen LogP contribution in [0.3, 0.4) is 0 Å². The highest BCUT2D eigenvalue weighted by Gasteiger charge is 2.39. The first kappa shape index (κ1) is 13.8. The zero-order valence-corrected chi connectivity index (χ0v) is 12.7. The average molecular weight is 286 g/mol. The molecule has 3 aliphatic rings. The Morgan fingerprint density at radius 3 is 2.68 bits per heavy atom. The molecule has 0 aromatic heterocycles. The van der Waals surface area contributed by atoms with Gasteiger partial charge >= 0.3 is 0 Å². The zero-order valence-electron chi connectivity index (χ0n) is 11.8. The first-order valence-electron chi connectivity index (χ1n) is 7.70. The van der Waals surface area contributed by atoms with Crippen LogP contribution in [0, 0.1) is 5.92 Å². The molecular formula is C14H26N2O2S. The molecule has 4 unspecified atom stereocenters. The Morgan fingerprint density at radius 1 is 1.11 bits per heavy atom. The van der Waals surface area contributed by atoms with Crippen LogP contribution in [0.2, 0.25) is 0 Å². The second kappa shape index (κ2) is 5.34. The maximum Gasteiger partial charge on any atom is 0.150 e. The SMILES string of the molecule is CS(=O)(=O)C1CCCC(N2CC3CCCNC3C2)C1. The third-order valence-electron chi connectivity index (χ3n) is 5.35. The minimum atomic E-state index is -2.86. The highest BCUT2D eigenvalue weighted by molar-refractivity contribution is 7.91. The summed E-state index contributed by atoms with van der Waals surface area (Å²) in [6.07, 6.45) is 8.03. The van der Waals surface area contributed by atoms with Crippen LogP contribution in [0.5, 0.6) is 0 Å². The van der Waals surface area contributed by atoms with Crippen LogP contribution in [0.25, 0.3) is 0 Å². The lowest BCUT2D eigenvalue weighted by molar-refractivity contribution is 0.185. The van der Waals surface area contributed by atoms with Gasteiger partial charge in [0.15, 0.2) is 0 Å². The van der Waals surface area contributed by atoms with E-state index in [0.717, 1.165) is 38.3 Å². The van der Waals surface area contributed by atoms with Gasteiger partial charge in [-0.15, -0.1) is 0 Å². The molecule has 2 aliphatic heterocycles. The molecule has 0 radical (unpaired) electrons. The fourth-order valence-electron chi connectivity index (χ4n) is 4.22. The van der Waals surface area contributed by atoms with Crippen LogP contribution in [0.4, 0.5) is 0 Å². The van der Waals surface area contributed by atoms with Gasteiger partial charge in [-0.25, -0.2) is 8.42 Å². The molecule has 2 heterocycles. The van der Waals surface area contributed by atoms with Crippen molar-refractivity contribution in [2.75, 3.05) is 25.9 Å². The monoisotopic (exact) mass is 286 g/mol. The van der Waals surface area contributed by atoms with E-state index in [1.165, 1.54) is 32.1 Å². The van der Waals surface area contributed by atoms with E-state index in [2.05, 4.69) is 10.2 Å². The van der Waals surface area contributed by atoms with Gasteiger partial charge in [-0.05, 0) is 44.6 Å². The van der Waals surface area contributed by atoms with E-state index in [-0.39, 0.29) is 5.25 Å². The summed E-state index contributed by atoms with van der Waals surface area (Å²) in [6.45, 7) is 3.47. The quantitative estimate of drug-likeness (QED) is 0.823. The summed E-state index contributed by atoms with van der Waals surface area (Å²) in [5.41, 5.74) is 0. The van der Waals surface area contributed by atoms with Gasteiger partial charge in [0, 0.05) is 31.4 Å². The van der Waals surface area contributed by atoms with Crippen LogP contribution < -0.4 is 5.32 Å². The van der Waals surface area contributed by atoms with Gasteiger partial charge in [0.25, 0.3) is 0 Å². The van der Waals surface area contributed by atoms with E-state index in [9.17, 15) is 8.42 Å². The third-order valence-corrected chi connectivity index (χ3v) is 6.99. The van der Waals surface area contributed by atoms with E-state index < -0.39 is 9.84 Å². The zero-order chi connectivity index (χ0) is 13.5. The molecule has 0 aromatic rings. The van der Waals surface area contributed by atoms with Gasteiger partial charge in [-0.1, -0.05) is 6.42 Å². The minimum absolute atomic E-state index is 0.0955.